The zero-order valence-electron chi connectivity index (χ0n) is 11.0. The first kappa shape index (κ1) is 14.2. The minimum atomic E-state index is -4.38. The summed E-state index contributed by atoms with van der Waals surface area (Å²) < 4.78 is 37.6. The summed E-state index contributed by atoms with van der Waals surface area (Å²) in [5.41, 5.74) is 7.42. The number of anilines is 3. The largest absolute Gasteiger partial charge is 0.416 e. The molecule has 0 aromatic heterocycles. The monoisotopic (exact) mass is 280 g/mol. The Balaban J connectivity index is 2.21. The number of nitrogens with two attached hydrogens (primary N) is 1. The van der Waals surface area contributed by atoms with Gasteiger partial charge in [0.1, 0.15) is 0 Å². The van der Waals surface area contributed by atoms with Crippen molar-refractivity contribution in [2.75, 3.05) is 11.1 Å². The highest BCUT2D eigenvalue weighted by atomic mass is 19.4. The molecule has 0 atom stereocenters. The molecule has 3 N–H and O–H groups in total. The van der Waals surface area contributed by atoms with Crippen LogP contribution < -0.4 is 11.1 Å². The summed E-state index contributed by atoms with van der Waals surface area (Å²) in [6.07, 6.45) is -3.45. The van der Waals surface area contributed by atoms with Gasteiger partial charge in [0.05, 0.1) is 16.9 Å². The molecule has 5 heteroatoms. The van der Waals surface area contributed by atoms with Crippen LogP contribution in [0, 0.1) is 0 Å². The number of benzene rings is 2. The maximum Gasteiger partial charge on any atom is 0.416 e. The van der Waals surface area contributed by atoms with E-state index in [0.717, 1.165) is 24.2 Å². The van der Waals surface area contributed by atoms with Crippen molar-refractivity contribution < 1.29 is 13.2 Å². The van der Waals surface area contributed by atoms with Crippen LogP contribution in [-0.4, -0.2) is 0 Å². The summed E-state index contributed by atoms with van der Waals surface area (Å²) in [7, 11) is 0. The van der Waals surface area contributed by atoms with Crippen LogP contribution in [0.1, 0.15) is 18.1 Å². The molecule has 2 aromatic carbocycles. The molecule has 2 aromatic rings. The van der Waals surface area contributed by atoms with Crippen molar-refractivity contribution in [2.24, 2.45) is 0 Å². The summed E-state index contributed by atoms with van der Waals surface area (Å²) in [5.74, 6) is 0. The summed E-state index contributed by atoms with van der Waals surface area (Å²) in [6, 6.07) is 10.9. The molecule has 0 saturated heterocycles. The van der Waals surface area contributed by atoms with Gasteiger partial charge in [-0.3, -0.25) is 0 Å². The number of aryl methyl sites for hydroxylation is 1. The van der Waals surface area contributed by atoms with E-state index in [0.29, 0.717) is 5.69 Å². The predicted molar refractivity (Wildman–Crippen MR) is 75.0 cm³/mol. The number of rotatable bonds is 3. The Morgan fingerprint density at radius 1 is 1.05 bits per heavy atom. The first-order valence-corrected chi connectivity index (χ1v) is 6.23. The van der Waals surface area contributed by atoms with Crippen LogP contribution >= 0.6 is 0 Å². The van der Waals surface area contributed by atoms with E-state index in [2.05, 4.69) is 12.2 Å². The maximum absolute atomic E-state index is 12.5. The van der Waals surface area contributed by atoms with Crippen molar-refractivity contribution in [2.45, 2.75) is 19.5 Å². The molecular formula is C15H15F3N2. The van der Waals surface area contributed by atoms with Gasteiger partial charge < -0.3 is 11.1 Å². The Kier molecular flexibility index (Phi) is 3.88. The fraction of sp³-hybridized carbons (Fsp3) is 0.200. The fourth-order valence-corrected chi connectivity index (χ4v) is 1.83. The molecule has 0 saturated carbocycles. The number of halogens is 3. The van der Waals surface area contributed by atoms with Crippen molar-refractivity contribution in [3.8, 4) is 0 Å². The summed E-state index contributed by atoms with van der Waals surface area (Å²) in [5, 5.41) is 3.01. The number of nitrogen functional groups attached to an aromatic ring is 1. The lowest BCUT2D eigenvalue weighted by molar-refractivity contribution is -0.137. The molecule has 2 nitrogen and oxygen atoms in total. The molecule has 106 valence electrons. The molecule has 0 radical (unpaired) electrons. The Hall–Kier alpha value is -2.17. The first-order chi connectivity index (χ1) is 9.40. The third-order valence-electron chi connectivity index (χ3n) is 3.02. The van der Waals surface area contributed by atoms with Gasteiger partial charge in [0.25, 0.3) is 0 Å². The lowest BCUT2D eigenvalue weighted by Gasteiger charge is -2.13. The van der Waals surface area contributed by atoms with Crippen molar-refractivity contribution >= 4 is 17.1 Å². The quantitative estimate of drug-likeness (QED) is 0.807. The van der Waals surface area contributed by atoms with Crippen molar-refractivity contribution in [1.82, 2.24) is 0 Å². The standard InChI is InChI=1S/C15H15F3N2/c1-2-10-3-6-12(7-4-10)20-14-8-5-11(9-13(14)19)15(16,17)18/h3-9,20H,2,19H2,1H3. The highest BCUT2D eigenvalue weighted by Crippen LogP contribution is 2.33. The highest BCUT2D eigenvalue weighted by Gasteiger charge is 2.30. The van der Waals surface area contributed by atoms with Gasteiger partial charge in [-0.15, -0.1) is 0 Å². The maximum atomic E-state index is 12.5. The number of hydrogen-bond acceptors (Lipinski definition) is 2. The van der Waals surface area contributed by atoms with E-state index in [1.165, 1.54) is 11.6 Å². The minimum absolute atomic E-state index is 0.0689. The van der Waals surface area contributed by atoms with E-state index < -0.39 is 11.7 Å². The molecule has 0 heterocycles. The molecule has 0 unspecified atom stereocenters. The van der Waals surface area contributed by atoms with E-state index in [1.807, 2.05) is 24.3 Å². The zero-order chi connectivity index (χ0) is 14.8. The van der Waals surface area contributed by atoms with Crippen LogP contribution in [-0.2, 0) is 12.6 Å². The molecular weight excluding hydrogens is 265 g/mol. The summed E-state index contributed by atoms with van der Waals surface area (Å²) in [6.45, 7) is 2.05. The zero-order valence-corrected chi connectivity index (χ0v) is 11.0. The summed E-state index contributed by atoms with van der Waals surface area (Å²) in [4.78, 5) is 0. The van der Waals surface area contributed by atoms with Crippen molar-refractivity contribution in [3.63, 3.8) is 0 Å². The van der Waals surface area contributed by atoms with Gasteiger partial charge in [-0.2, -0.15) is 13.2 Å². The van der Waals surface area contributed by atoms with Crippen LogP contribution in [0.15, 0.2) is 42.5 Å². The van der Waals surface area contributed by atoms with E-state index in [1.54, 1.807) is 0 Å². The molecule has 0 spiro atoms. The number of nitrogens with one attached hydrogen (secondary N) is 1. The second-order valence-corrected chi connectivity index (χ2v) is 4.48. The van der Waals surface area contributed by atoms with Gasteiger partial charge in [0, 0.05) is 5.69 Å². The van der Waals surface area contributed by atoms with Gasteiger partial charge in [-0.25, -0.2) is 0 Å². The number of alkyl halides is 3. The number of hydrogen-bond donors (Lipinski definition) is 2. The Bertz CT molecular complexity index is 589. The summed E-state index contributed by atoms with van der Waals surface area (Å²) >= 11 is 0. The van der Waals surface area contributed by atoms with Crippen molar-refractivity contribution in [1.29, 1.82) is 0 Å². The SMILES string of the molecule is CCc1ccc(Nc2ccc(C(F)(F)F)cc2N)cc1. The third-order valence-corrected chi connectivity index (χ3v) is 3.02. The molecule has 0 aliphatic carbocycles. The van der Waals surface area contributed by atoms with Gasteiger partial charge >= 0.3 is 6.18 Å². The Morgan fingerprint density at radius 3 is 2.20 bits per heavy atom. The second-order valence-electron chi connectivity index (χ2n) is 4.48. The van der Waals surface area contributed by atoms with Crippen LogP contribution in [0.2, 0.25) is 0 Å². The topological polar surface area (TPSA) is 38.0 Å². The van der Waals surface area contributed by atoms with E-state index in [-0.39, 0.29) is 5.69 Å². The second kappa shape index (κ2) is 5.45. The smallest absolute Gasteiger partial charge is 0.397 e. The minimum Gasteiger partial charge on any atom is -0.397 e. The van der Waals surface area contributed by atoms with E-state index >= 15 is 0 Å². The lowest BCUT2D eigenvalue weighted by atomic mass is 10.1. The predicted octanol–water partition coefficient (Wildman–Crippen LogP) is 4.59. The van der Waals surface area contributed by atoms with Gasteiger partial charge in [-0.05, 0) is 42.3 Å². The first-order valence-electron chi connectivity index (χ1n) is 6.23. The highest BCUT2D eigenvalue weighted by molar-refractivity contribution is 5.73. The van der Waals surface area contributed by atoms with Crippen LogP contribution in [0.25, 0.3) is 0 Å². The van der Waals surface area contributed by atoms with Crippen LogP contribution in [0.5, 0.6) is 0 Å². The van der Waals surface area contributed by atoms with E-state index in [9.17, 15) is 13.2 Å². The molecule has 20 heavy (non-hydrogen) atoms. The molecule has 0 fully saturated rings. The van der Waals surface area contributed by atoms with Gasteiger partial charge in [-0.1, -0.05) is 19.1 Å². The Labute approximate surface area is 115 Å². The average molecular weight is 280 g/mol. The molecule has 0 amide bonds. The molecule has 0 aliphatic heterocycles. The molecule has 0 bridgehead atoms. The normalized spacial score (nSPS) is 11.4. The lowest BCUT2D eigenvalue weighted by Crippen LogP contribution is -2.06. The van der Waals surface area contributed by atoms with Crippen LogP contribution in [0.4, 0.5) is 30.2 Å². The van der Waals surface area contributed by atoms with E-state index in [4.69, 9.17) is 5.73 Å². The van der Waals surface area contributed by atoms with Crippen molar-refractivity contribution in [3.05, 3.63) is 53.6 Å². The van der Waals surface area contributed by atoms with Gasteiger partial charge in [0.15, 0.2) is 0 Å². The third kappa shape index (κ3) is 3.23. The Morgan fingerprint density at radius 2 is 1.70 bits per heavy atom. The van der Waals surface area contributed by atoms with Crippen LogP contribution in [0.3, 0.4) is 0 Å². The van der Waals surface area contributed by atoms with Gasteiger partial charge in [0.2, 0.25) is 0 Å². The molecule has 2 rings (SSSR count). The fourth-order valence-electron chi connectivity index (χ4n) is 1.83. The molecule has 0 aliphatic rings. The average Bonchev–Trinajstić information content (AvgIpc) is 2.41.